The highest BCUT2D eigenvalue weighted by Gasteiger charge is 2.42. The van der Waals surface area contributed by atoms with E-state index in [1.807, 2.05) is 0 Å². The van der Waals surface area contributed by atoms with Gasteiger partial charge in [0.25, 0.3) is 0 Å². The molecule has 1 heterocycles. The molecule has 0 amide bonds. The van der Waals surface area contributed by atoms with Crippen molar-refractivity contribution in [3.05, 3.63) is 102 Å². The van der Waals surface area contributed by atoms with Gasteiger partial charge in [0, 0.05) is 13.1 Å². The second kappa shape index (κ2) is 7.95. The summed E-state index contributed by atoms with van der Waals surface area (Å²) in [6, 6.07) is 30.0. The second-order valence-corrected chi connectivity index (χ2v) is 6.77. The van der Waals surface area contributed by atoms with Gasteiger partial charge in [0.2, 0.25) is 0 Å². The average Bonchev–Trinajstić information content (AvgIpc) is 2.77. The summed E-state index contributed by atoms with van der Waals surface area (Å²) in [6.07, 6.45) is 0. The quantitative estimate of drug-likeness (QED) is 0.633. The monoisotopic (exact) mass is 359 g/mol. The van der Waals surface area contributed by atoms with Crippen LogP contribution < -0.4 is 4.74 Å². The summed E-state index contributed by atoms with van der Waals surface area (Å²) in [5.41, 5.74) is 3.41. The van der Waals surface area contributed by atoms with Crippen molar-refractivity contribution in [1.82, 2.24) is 4.90 Å². The summed E-state index contributed by atoms with van der Waals surface area (Å²) in [4.78, 5) is 2.54. The summed E-state index contributed by atoms with van der Waals surface area (Å²) in [5, 5.41) is 0. The molecule has 0 saturated carbocycles. The Hall–Kier alpha value is -2.62. The van der Waals surface area contributed by atoms with E-state index < -0.39 is 0 Å². The highest BCUT2D eigenvalue weighted by atomic mass is 16.5. The number of morpholine rings is 1. The van der Waals surface area contributed by atoms with Crippen LogP contribution in [0.5, 0.6) is 5.75 Å². The van der Waals surface area contributed by atoms with Crippen molar-refractivity contribution in [3.8, 4) is 5.75 Å². The minimum Gasteiger partial charge on any atom is -0.497 e. The molecule has 0 atom stereocenters. The Kier molecular flexibility index (Phi) is 5.23. The molecule has 3 aromatic rings. The van der Waals surface area contributed by atoms with E-state index in [2.05, 4.69) is 89.8 Å². The predicted octanol–water partition coefficient (Wildman–Crippen LogP) is 4.32. The van der Waals surface area contributed by atoms with E-state index in [0.29, 0.717) is 0 Å². The fourth-order valence-corrected chi connectivity index (χ4v) is 4.14. The summed E-state index contributed by atoms with van der Waals surface area (Å²) in [6.45, 7) is 3.26. The topological polar surface area (TPSA) is 21.7 Å². The lowest BCUT2D eigenvalue weighted by Gasteiger charge is -2.47. The molecular weight excluding hydrogens is 334 g/mol. The molecule has 4 rings (SSSR count). The summed E-state index contributed by atoms with van der Waals surface area (Å²) in [5.74, 6) is 0.871. The molecule has 0 aliphatic carbocycles. The first-order valence-corrected chi connectivity index (χ1v) is 9.44. The van der Waals surface area contributed by atoms with E-state index in [4.69, 9.17) is 9.47 Å². The molecule has 0 aromatic heterocycles. The van der Waals surface area contributed by atoms with Gasteiger partial charge in [0.15, 0.2) is 0 Å². The van der Waals surface area contributed by atoms with E-state index in [9.17, 15) is 0 Å². The Bertz CT molecular complexity index is 801. The third kappa shape index (κ3) is 3.25. The van der Waals surface area contributed by atoms with Gasteiger partial charge in [0.05, 0.1) is 25.9 Å². The van der Waals surface area contributed by atoms with Gasteiger partial charge in [-0.3, -0.25) is 4.90 Å². The van der Waals surface area contributed by atoms with E-state index in [0.717, 1.165) is 32.1 Å². The summed E-state index contributed by atoms with van der Waals surface area (Å²) in [7, 11) is 1.71. The van der Waals surface area contributed by atoms with Gasteiger partial charge in [-0.2, -0.15) is 0 Å². The highest BCUT2D eigenvalue weighted by molar-refractivity contribution is 5.50. The van der Waals surface area contributed by atoms with Gasteiger partial charge in [0.1, 0.15) is 5.75 Å². The number of benzene rings is 3. The minimum absolute atomic E-state index is 0.363. The Labute approximate surface area is 161 Å². The van der Waals surface area contributed by atoms with Crippen molar-refractivity contribution in [1.29, 1.82) is 0 Å². The van der Waals surface area contributed by atoms with Crippen LogP contribution in [0.4, 0.5) is 0 Å². The van der Waals surface area contributed by atoms with Crippen LogP contribution in [0.2, 0.25) is 0 Å². The number of rotatable bonds is 5. The SMILES string of the molecule is COc1ccc(C(c2ccccc2)(c2ccccc2)N2CCOCC2)cc1. The summed E-state index contributed by atoms with van der Waals surface area (Å²) >= 11 is 0. The van der Waals surface area contributed by atoms with Crippen molar-refractivity contribution in [2.75, 3.05) is 33.4 Å². The maximum Gasteiger partial charge on any atom is 0.118 e. The third-order valence-electron chi connectivity index (χ3n) is 5.38. The van der Waals surface area contributed by atoms with Crippen LogP contribution in [0.1, 0.15) is 16.7 Å². The number of hydrogen-bond acceptors (Lipinski definition) is 3. The molecule has 27 heavy (non-hydrogen) atoms. The van der Waals surface area contributed by atoms with Crippen molar-refractivity contribution in [2.24, 2.45) is 0 Å². The van der Waals surface area contributed by atoms with Crippen LogP contribution >= 0.6 is 0 Å². The second-order valence-electron chi connectivity index (χ2n) is 6.77. The molecular formula is C24H25NO2. The highest BCUT2D eigenvalue weighted by Crippen LogP contribution is 2.43. The number of nitrogens with zero attached hydrogens (tertiary/aromatic N) is 1. The van der Waals surface area contributed by atoms with Crippen LogP contribution in [0.15, 0.2) is 84.9 Å². The van der Waals surface area contributed by atoms with Crippen molar-refractivity contribution in [2.45, 2.75) is 5.54 Å². The molecule has 1 fully saturated rings. The molecule has 0 unspecified atom stereocenters. The van der Waals surface area contributed by atoms with Crippen molar-refractivity contribution in [3.63, 3.8) is 0 Å². The van der Waals surface area contributed by atoms with Gasteiger partial charge in [-0.1, -0.05) is 72.8 Å². The van der Waals surface area contributed by atoms with Crippen LogP contribution in [0, 0.1) is 0 Å². The number of methoxy groups -OCH3 is 1. The maximum atomic E-state index is 5.68. The fraction of sp³-hybridized carbons (Fsp3) is 0.250. The maximum absolute atomic E-state index is 5.68. The molecule has 1 aliphatic heterocycles. The molecule has 3 heteroatoms. The summed E-state index contributed by atoms with van der Waals surface area (Å²) < 4.78 is 11.1. The third-order valence-corrected chi connectivity index (χ3v) is 5.38. The molecule has 1 saturated heterocycles. The van der Waals surface area contributed by atoms with E-state index >= 15 is 0 Å². The molecule has 0 N–H and O–H groups in total. The molecule has 3 nitrogen and oxygen atoms in total. The number of ether oxygens (including phenoxy) is 2. The lowest BCUT2D eigenvalue weighted by atomic mass is 9.75. The van der Waals surface area contributed by atoms with Gasteiger partial charge in [-0.25, -0.2) is 0 Å². The first-order valence-electron chi connectivity index (χ1n) is 9.44. The zero-order valence-electron chi connectivity index (χ0n) is 15.7. The fourth-order valence-electron chi connectivity index (χ4n) is 4.14. The first-order chi connectivity index (χ1) is 13.4. The Morgan fingerprint density at radius 1 is 0.704 bits per heavy atom. The standard InChI is InChI=1S/C24H25NO2/c1-26-23-14-12-22(13-15-23)24(20-8-4-2-5-9-20,21-10-6-3-7-11-21)25-16-18-27-19-17-25/h2-15H,16-19H2,1H3. The van der Waals surface area contributed by atoms with E-state index in [1.54, 1.807) is 7.11 Å². The normalized spacial score (nSPS) is 15.4. The predicted molar refractivity (Wildman–Crippen MR) is 108 cm³/mol. The Morgan fingerprint density at radius 3 is 1.67 bits per heavy atom. The van der Waals surface area contributed by atoms with Crippen LogP contribution in [-0.4, -0.2) is 38.3 Å². The van der Waals surface area contributed by atoms with E-state index in [-0.39, 0.29) is 5.54 Å². The Balaban J connectivity index is 1.98. The van der Waals surface area contributed by atoms with E-state index in [1.165, 1.54) is 16.7 Å². The lowest BCUT2D eigenvalue weighted by molar-refractivity contribution is 0.00226. The smallest absolute Gasteiger partial charge is 0.118 e. The van der Waals surface area contributed by atoms with Gasteiger partial charge in [-0.15, -0.1) is 0 Å². The lowest BCUT2D eigenvalue weighted by Crippen LogP contribution is -2.52. The Morgan fingerprint density at radius 2 is 1.19 bits per heavy atom. The molecule has 138 valence electrons. The van der Waals surface area contributed by atoms with Gasteiger partial charge < -0.3 is 9.47 Å². The molecule has 0 spiro atoms. The largest absolute Gasteiger partial charge is 0.497 e. The van der Waals surface area contributed by atoms with Crippen LogP contribution in [0.3, 0.4) is 0 Å². The molecule has 1 aliphatic rings. The molecule has 0 radical (unpaired) electrons. The first kappa shape index (κ1) is 17.8. The molecule has 3 aromatic carbocycles. The zero-order chi connectivity index (χ0) is 18.5. The van der Waals surface area contributed by atoms with Crippen molar-refractivity contribution >= 4 is 0 Å². The van der Waals surface area contributed by atoms with Crippen LogP contribution in [-0.2, 0) is 10.3 Å². The molecule has 0 bridgehead atoms. The van der Waals surface area contributed by atoms with Gasteiger partial charge >= 0.3 is 0 Å². The number of hydrogen-bond donors (Lipinski definition) is 0. The average molecular weight is 359 g/mol. The minimum atomic E-state index is -0.363. The zero-order valence-corrected chi connectivity index (χ0v) is 15.7. The van der Waals surface area contributed by atoms with Crippen LogP contribution in [0.25, 0.3) is 0 Å². The van der Waals surface area contributed by atoms with Crippen molar-refractivity contribution < 1.29 is 9.47 Å². The van der Waals surface area contributed by atoms with Gasteiger partial charge in [-0.05, 0) is 28.8 Å².